The monoisotopic (exact) mass is 285 g/mol. The lowest BCUT2D eigenvalue weighted by atomic mass is 9.97. The van der Waals surface area contributed by atoms with Gasteiger partial charge in [0.2, 0.25) is 11.8 Å². The van der Waals surface area contributed by atoms with E-state index in [1.807, 2.05) is 11.0 Å². The van der Waals surface area contributed by atoms with Gasteiger partial charge in [-0.05, 0) is 29.7 Å². The van der Waals surface area contributed by atoms with Crippen molar-refractivity contribution in [3.63, 3.8) is 0 Å². The van der Waals surface area contributed by atoms with Crippen LogP contribution in [0.25, 0.3) is 0 Å². The van der Waals surface area contributed by atoms with Crippen molar-refractivity contribution in [2.24, 2.45) is 0 Å². The van der Waals surface area contributed by atoms with Crippen molar-refractivity contribution in [2.45, 2.75) is 13.0 Å². The highest BCUT2D eigenvalue weighted by atomic mass is 16.5. The molecule has 1 N–H and O–H groups in total. The van der Waals surface area contributed by atoms with E-state index in [0.717, 1.165) is 18.5 Å². The predicted octanol–water partition coefficient (Wildman–Crippen LogP) is 1.75. The van der Waals surface area contributed by atoms with E-state index in [-0.39, 0.29) is 0 Å². The molecule has 0 saturated carbocycles. The van der Waals surface area contributed by atoms with E-state index in [9.17, 15) is 4.79 Å². The van der Waals surface area contributed by atoms with Crippen LogP contribution >= 0.6 is 0 Å². The number of carboxylic acid groups (broad SMARTS) is 1. The Morgan fingerprint density at radius 3 is 2.95 bits per heavy atom. The first-order valence-electron chi connectivity index (χ1n) is 6.64. The summed E-state index contributed by atoms with van der Waals surface area (Å²) >= 11 is 0. The third-order valence-electron chi connectivity index (χ3n) is 3.57. The molecule has 0 atom stereocenters. The Labute approximate surface area is 122 Å². The minimum absolute atomic E-state index is 0.308. The fourth-order valence-electron chi connectivity index (χ4n) is 2.46. The molecule has 2 heterocycles. The number of aromatic carboxylic acids is 1. The number of hydrogen-bond donors (Lipinski definition) is 1. The van der Waals surface area contributed by atoms with Crippen molar-refractivity contribution < 1.29 is 14.6 Å². The maximum Gasteiger partial charge on any atom is 0.335 e. The molecular formula is C15H15N3O3. The van der Waals surface area contributed by atoms with Gasteiger partial charge in [-0.1, -0.05) is 6.07 Å². The summed E-state index contributed by atoms with van der Waals surface area (Å²) in [5, 5.41) is 9.08. The van der Waals surface area contributed by atoms with E-state index in [4.69, 9.17) is 9.84 Å². The Hall–Kier alpha value is -2.63. The van der Waals surface area contributed by atoms with Gasteiger partial charge in [0.25, 0.3) is 0 Å². The Bertz CT molecular complexity index is 688. The van der Waals surface area contributed by atoms with Gasteiger partial charge in [-0.2, -0.15) is 4.98 Å². The number of methoxy groups -OCH3 is 1. The Balaban J connectivity index is 1.89. The third-order valence-corrected chi connectivity index (χ3v) is 3.57. The molecular weight excluding hydrogens is 270 g/mol. The smallest absolute Gasteiger partial charge is 0.335 e. The molecule has 108 valence electrons. The fraction of sp³-hybridized carbons (Fsp3) is 0.267. The second-order valence-corrected chi connectivity index (χ2v) is 4.86. The van der Waals surface area contributed by atoms with E-state index in [1.54, 1.807) is 31.5 Å². The number of hydrogen-bond acceptors (Lipinski definition) is 5. The second-order valence-electron chi connectivity index (χ2n) is 4.86. The summed E-state index contributed by atoms with van der Waals surface area (Å²) in [6.45, 7) is 1.40. The van der Waals surface area contributed by atoms with Gasteiger partial charge in [-0.25, -0.2) is 9.78 Å². The lowest BCUT2D eigenvalue weighted by Crippen LogP contribution is -2.32. The van der Waals surface area contributed by atoms with Crippen LogP contribution in [0.15, 0.2) is 30.5 Å². The third kappa shape index (κ3) is 2.65. The predicted molar refractivity (Wildman–Crippen MR) is 76.7 cm³/mol. The number of ether oxygens (including phenoxy) is 1. The zero-order valence-corrected chi connectivity index (χ0v) is 11.6. The number of rotatable bonds is 3. The molecule has 1 aromatic heterocycles. The molecule has 0 fully saturated rings. The highest BCUT2D eigenvalue weighted by Gasteiger charge is 2.20. The maximum atomic E-state index is 11.1. The molecule has 0 bridgehead atoms. The molecule has 6 heteroatoms. The molecule has 0 spiro atoms. The minimum Gasteiger partial charge on any atom is -0.481 e. The van der Waals surface area contributed by atoms with Crippen LogP contribution < -0.4 is 9.64 Å². The largest absolute Gasteiger partial charge is 0.481 e. The number of nitrogens with zero attached hydrogens (tertiary/aromatic N) is 3. The van der Waals surface area contributed by atoms with Crippen LogP contribution in [0.1, 0.15) is 21.5 Å². The maximum absolute atomic E-state index is 11.1. The first kappa shape index (κ1) is 13.4. The summed E-state index contributed by atoms with van der Waals surface area (Å²) in [5.41, 5.74) is 2.49. The van der Waals surface area contributed by atoms with E-state index in [1.165, 1.54) is 5.56 Å². The first-order valence-corrected chi connectivity index (χ1v) is 6.64. The van der Waals surface area contributed by atoms with Crippen molar-refractivity contribution in [1.82, 2.24) is 9.97 Å². The number of fused-ring (bicyclic) bond motifs is 1. The van der Waals surface area contributed by atoms with Crippen LogP contribution in [0.2, 0.25) is 0 Å². The SMILES string of the molecule is COc1ccnc(N2CCc3ccc(C(=O)O)cc3C2)n1. The fourth-order valence-corrected chi connectivity index (χ4v) is 2.46. The summed E-state index contributed by atoms with van der Waals surface area (Å²) in [6, 6.07) is 6.97. The molecule has 0 saturated heterocycles. The summed E-state index contributed by atoms with van der Waals surface area (Å²) in [6.07, 6.45) is 2.50. The molecule has 21 heavy (non-hydrogen) atoms. The highest BCUT2D eigenvalue weighted by Crippen LogP contribution is 2.24. The van der Waals surface area contributed by atoms with Gasteiger partial charge >= 0.3 is 5.97 Å². The van der Waals surface area contributed by atoms with Gasteiger partial charge in [-0.15, -0.1) is 0 Å². The minimum atomic E-state index is -0.910. The van der Waals surface area contributed by atoms with Crippen molar-refractivity contribution in [3.8, 4) is 5.88 Å². The Morgan fingerprint density at radius 2 is 2.19 bits per heavy atom. The molecule has 1 aliphatic heterocycles. The average Bonchev–Trinajstić information content (AvgIpc) is 2.53. The van der Waals surface area contributed by atoms with Gasteiger partial charge in [-0.3, -0.25) is 0 Å². The van der Waals surface area contributed by atoms with Crippen LogP contribution in [-0.4, -0.2) is 34.7 Å². The number of benzene rings is 1. The summed E-state index contributed by atoms with van der Waals surface area (Å²) in [4.78, 5) is 21.7. The number of carbonyl (C=O) groups is 1. The lowest BCUT2D eigenvalue weighted by Gasteiger charge is -2.29. The summed E-state index contributed by atoms with van der Waals surface area (Å²) in [7, 11) is 1.57. The zero-order valence-electron chi connectivity index (χ0n) is 11.6. The molecule has 0 radical (unpaired) electrons. The number of anilines is 1. The van der Waals surface area contributed by atoms with Crippen LogP contribution in [-0.2, 0) is 13.0 Å². The molecule has 2 aromatic rings. The number of aromatic nitrogens is 2. The summed E-state index contributed by atoms with van der Waals surface area (Å²) in [5.74, 6) is 0.207. The quantitative estimate of drug-likeness (QED) is 0.926. The molecule has 6 nitrogen and oxygen atoms in total. The zero-order chi connectivity index (χ0) is 14.8. The van der Waals surface area contributed by atoms with Gasteiger partial charge in [0, 0.05) is 25.4 Å². The molecule has 0 aliphatic carbocycles. The Morgan fingerprint density at radius 1 is 1.33 bits per heavy atom. The molecule has 3 rings (SSSR count). The molecule has 1 aliphatic rings. The van der Waals surface area contributed by atoms with E-state index in [2.05, 4.69) is 9.97 Å². The van der Waals surface area contributed by atoms with Crippen molar-refractivity contribution >= 4 is 11.9 Å². The van der Waals surface area contributed by atoms with Crippen molar-refractivity contribution in [1.29, 1.82) is 0 Å². The van der Waals surface area contributed by atoms with Gasteiger partial charge in [0.15, 0.2) is 0 Å². The summed E-state index contributed by atoms with van der Waals surface area (Å²) < 4.78 is 5.11. The van der Waals surface area contributed by atoms with Crippen molar-refractivity contribution in [3.05, 3.63) is 47.2 Å². The van der Waals surface area contributed by atoms with Crippen LogP contribution in [0, 0.1) is 0 Å². The van der Waals surface area contributed by atoms with Crippen LogP contribution in [0.3, 0.4) is 0 Å². The first-order chi connectivity index (χ1) is 10.2. The molecule has 1 aromatic carbocycles. The highest BCUT2D eigenvalue weighted by molar-refractivity contribution is 5.88. The van der Waals surface area contributed by atoms with Gasteiger partial charge in [0.05, 0.1) is 12.7 Å². The standard InChI is InChI=1S/C15H15N3O3/c1-21-13-4-6-16-15(17-13)18-7-5-10-2-3-11(14(19)20)8-12(10)9-18/h2-4,6,8H,5,7,9H2,1H3,(H,19,20). The van der Waals surface area contributed by atoms with E-state index in [0.29, 0.717) is 23.9 Å². The van der Waals surface area contributed by atoms with Gasteiger partial charge < -0.3 is 14.7 Å². The average molecular weight is 285 g/mol. The molecule has 0 amide bonds. The molecule has 0 unspecified atom stereocenters. The second kappa shape index (κ2) is 5.40. The van der Waals surface area contributed by atoms with E-state index < -0.39 is 5.97 Å². The van der Waals surface area contributed by atoms with Gasteiger partial charge in [0.1, 0.15) is 0 Å². The van der Waals surface area contributed by atoms with Crippen LogP contribution in [0.4, 0.5) is 5.95 Å². The number of carboxylic acids is 1. The lowest BCUT2D eigenvalue weighted by molar-refractivity contribution is 0.0696. The van der Waals surface area contributed by atoms with Crippen molar-refractivity contribution in [2.75, 3.05) is 18.6 Å². The topological polar surface area (TPSA) is 75.5 Å². The normalized spacial score (nSPS) is 13.7. The van der Waals surface area contributed by atoms with E-state index >= 15 is 0 Å². The Kier molecular flexibility index (Phi) is 3.43. The van der Waals surface area contributed by atoms with Crippen LogP contribution in [0.5, 0.6) is 5.88 Å².